The predicted octanol–water partition coefficient (Wildman–Crippen LogP) is -1.16. The maximum absolute atomic E-state index is 11.7. The van der Waals surface area contributed by atoms with E-state index in [4.69, 9.17) is 0 Å². The van der Waals surface area contributed by atoms with Gasteiger partial charge in [0.2, 0.25) is 5.82 Å². The fourth-order valence-corrected chi connectivity index (χ4v) is 1.97. The van der Waals surface area contributed by atoms with Crippen molar-refractivity contribution < 1.29 is 0 Å². The van der Waals surface area contributed by atoms with Crippen LogP contribution in [0.4, 0.5) is 5.82 Å². The number of aromatic nitrogens is 4. The lowest BCUT2D eigenvalue weighted by Crippen LogP contribution is -2.39. The molecule has 2 aromatic rings. The molecule has 2 N–H and O–H groups in total. The second-order valence-electron chi connectivity index (χ2n) is 3.65. The van der Waals surface area contributed by atoms with Gasteiger partial charge in [0.1, 0.15) is 0 Å². The lowest BCUT2D eigenvalue weighted by atomic mass is 10.5. The van der Waals surface area contributed by atoms with Gasteiger partial charge in [0.25, 0.3) is 5.56 Å². The number of nitrogens with one attached hydrogen (secondary N) is 2. The number of H-pyrrole nitrogens is 1. The van der Waals surface area contributed by atoms with Crippen molar-refractivity contribution in [2.45, 2.75) is 6.54 Å². The average Bonchev–Trinajstić information content (AvgIpc) is 2.75. The van der Waals surface area contributed by atoms with Crippen LogP contribution in [0.1, 0.15) is 5.69 Å². The van der Waals surface area contributed by atoms with Crippen molar-refractivity contribution in [3.63, 3.8) is 0 Å². The van der Waals surface area contributed by atoms with E-state index >= 15 is 0 Å². The second kappa shape index (κ2) is 4.61. The van der Waals surface area contributed by atoms with Crippen molar-refractivity contribution in [3.8, 4) is 0 Å². The number of anilines is 1. The molecule has 0 saturated heterocycles. The summed E-state index contributed by atoms with van der Waals surface area (Å²) >= 11 is 1.04. The molecule has 2 heterocycles. The Morgan fingerprint density at radius 1 is 1.39 bits per heavy atom. The van der Waals surface area contributed by atoms with Crippen LogP contribution in [0.25, 0.3) is 0 Å². The summed E-state index contributed by atoms with van der Waals surface area (Å²) in [5.74, 6) is 0.0617. The summed E-state index contributed by atoms with van der Waals surface area (Å²) in [4.78, 5) is 36.5. The van der Waals surface area contributed by atoms with Crippen molar-refractivity contribution >= 4 is 17.2 Å². The molecule has 0 aromatic carbocycles. The summed E-state index contributed by atoms with van der Waals surface area (Å²) < 4.78 is 2.03. The molecule has 9 heteroatoms. The fraction of sp³-hybridized carbons (Fsp3) is 0.333. The quantitative estimate of drug-likeness (QED) is 0.732. The van der Waals surface area contributed by atoms with Gasteiger partial charge in [0, 0.05) is 25.2 Å². The molecule has 2 aromatic heterocycles. The van der Waals surface area contributed by atoms with Crippen LogP contribution in [0.2, 0.25) is 0 Å². The lowest BCUT2D eigenvalue weighted by molar-refractivity contribution is 0.604. The molecule has 0 spiro atoms. The second-order valence-corrected chi connectivity index (χ2v) is 4.49. The van der Waals surface area contributed by atoms with E-state index in [1.54, 1.807) is 5.38 Å². The van der Waals surface area contributed by atoms with Gasteiger partial charge in [-0.1, -0.05) is 11.3 Å². The summed E-state index contributed by atoms with van der Waals surface area (Å²) in [5, 5.41) is 8.26. The summed E-state index contributed by atoms with van der Waals surface area (Å²) in [6.07, 6.45) is 0. The first-order valence-corrected chi connectivity index (χ1v) is 5.92. The van der Waals surface area contributed by atoms with E-state index < -0.39 is 11.2 Å². The molecular formula is C9H11N5O3S. The topological polar surface area (TPSA) is 102 Å². The van der Waals surface area contributed by atoms with E-state index in [1.165, 1.54) is 14.1 Å². The number of nitrogens with zero attached hydrogens (tertiary/aromatic N) is 3. The molecule has 2 rings (SSSR count). The number of aryl methyl sites for hydroxylation is 1. The zero-order valence-electron chi connectivity index (χ0n) is 9.76. The Morgan fingerprint density at radius 3 is 2.72 bits per heavy atom. The van der Waals surface area contributed by atoms with Crippen molar-refractivity contribution in [3.05, 3.63) is 41.6 Å². The normalized spacial score (nSPS) is 10.6. The number of thiazole rings is 1. The Balaban J connectivity index is 2.28. The molecule has 0 aliphatic heterocycles. The molecule has 18 heavy (non-hydrogen) atoms. The minimum atomic E-state index is -0.504. The minimum absolute atomic E-state index is 0.0617. The first-order valence-electron chi connectivity index (χ1n) is 5.04. The standard InChI is InChI=1S/C9H11N5O3S/c1-13-7(15)6(12-14(2)9(13)17)10-3-5-4-18-8(16)11-5/h4H,3H2,1-2H3,(H,10,12)(H,11,16). The Kier molecular flexibility index (Phi) is 3.15. The zero-order chi connectivity index (χ0) is 13.3. The lowest BCUT2D eigenvalue weighted by Gasteiger charge is -2.06. The van der Waals surface area contributed by atoms with Crippen LogP contribution in [-0.2, 0) is 20.6 Å². The summed E-state index contributed by atoms with van der Waals surface area (Å²) in [6, 6.07) is 0. The van der Waals surface area contributed by atoms with Gasteiger partial charge >= 0.3 is 10.6 Å². The predicted molar refractivity (Wildman–Crippen MR) is 67.0 cm³/mol. The summed E-state index contributed by atoms with van der Waals surface area (Å²) in [7, 11) is 2.84. The van der Waals surface area contributed by atoms with Crippen molar-refractivity contribution in [1.82, 2.24) is 19.3 Å². The maximum Gasteiger partial charge on any atom is 0.346 e. The molecular weight excluding hydrogens is 258 g/mol. The average molecular weight is 269 g/mol. The number of hydrogen-bond acceptors (Lipinski definition) is 6. The molecule has 0 atom stereocenters. The van der Waals surface area contributed by atoms with Gasteiger partial charge < -0.3 is 10.3 Å². The van der Waals surface area contributed by atoms with E-state index in [-0.39, 0.29) is 17.2 Å². The largest absolute Gasteiger partial charge is 0.358 e. The van der Waals surface area contributed by atoms with Crippen LogP contribution in [0.15, 0.2) is 19.8 Å². The number of rotatable bonds is 3. The molecule has 0 saturated carbocycles. The van der Waals surface area contributed by atoms with E-state index in [0.29, 0.717) is 5.69 Å². The van der Waals surface area contributed by atoms with Crippen LogP contribution in [0, 0.1) is 0 Å². The van der Waals surface area contributed by atoms with Crippen LogP contribution in [-0.4, -0.2) is 19.3 Å². The highest BCUT2D eigenvalue weighted by Crippen LogP contribution is 1.98. The third kappa shape index (κ3) is 2.25. The van der Waals surface area contributed by atoms with E-state index in [9.17, 15) is 14.4 Å². The monoisotopic (exact) mass is 269 g/mol. The van der Waals surface area contributed by atoms with Gasteiger partial charge in [0.15, 0.2) is 0 Å². The van der Waals surface area contributed by atoms with Crippen molar-refractivity contribution in [2.75, 3.05) is 5.32 Å². The van der Waals surface area contributed by atoms with Gasteiger partial charge in [-0.2, -0.15) is 0 Å². The summed E-state index contributed by atoms with van der Waals surface area (Å²) in [5.41, 5.74) is -0.340. The highest BCUT2D eigenvalue weighted by molar-refractivity contribution is 7.07. The van der Waals surface area contributed by atoms with Gasteiger partial charge in [-0.3, -0.25) is 14.2 Å². The maximum atomic E-state index is 11.7. The highest BCUT2D eigenvalue weighted by atomic mass is 32.1. The van der Waals surface area contributed by atoms with Crippen LogP contribution >= 0.6 is 11.3 Å². The molecule has 0 aliphatic carbocycles. The van der Waals surface area contributed by atoms with Crippen LogP contribution in [0.3, 0.4) is 0 Å². The highest BCUT2D eigenvalue weighted by Gasteiger charge is 2.08. The molecule has 0 amide bonds. The minimum Gasteiger partial charge on any atom is -0.358 e. The number of hydrogen-bond donors (Lipinski definition) is 2. The zero-order valence-corrected chi connectivity index (χ0v) is 10.6. The van der Waals surface area contributed by atoms with Crippen LogP contribution < -0.4 is 21.4 Å². The summed E-state index contributed by atoms with van der Waals surface area (Å²) in [6.45, 7) is 0.263. The molecule has 0 aliphatic rings. The Hall–Kier alpha value is -2.16. The Labute approximate surface area is 105 Å². The first kappa shape index (κ1) is 12.3. The molecule has 0 radical (unpaired) electrons. The smallest absolute Gasteiger partial charge is 0.346 e. The molecule has 0 unspecified atom stereocenters. The van der Waals surface area contributed by atoms with E-state index in [0.717, 1.165) is 20.6 Å². The molecule has 0 bridgehead atoms. The Bertz CT molecular complexity index is 738. The van der Waals surface area contributed by atoms with Crippen molar-refractivity contribution in [2.24, 2.45) is 14.1 Å². The molecule has 0 fully saturated rings. The molecule has 96 valence electrons. The van der Waals surface area contributed by atoms with Crippen molar-refractivity contribution in [1.29, 1.82) is 0 Å². The number of aromatic amines is 1. The fourth-order valence-electron chi connectivity index (χ4n) is 1.39. The Morgan fingerprint density at radius 2 is 2.11 bits per heavy atom. The van der Waals surface area contributed by atoms with E-state index in [1.807, 2.05) is 0 Å². The van der Waals surface area contributed by atoms with Crippen LogP contribution in [0.5, 0.6) is 0 Å². The SMILES string of the molecule is Cn1nc(NCc2csc(=O)[nH]2)c(=O)n(C)c1=O. The van der Waals surface area contributed by atoms with Gasteiger partial charge in [-0.25, -0.2) is 9.48 Å². The van der Waals surface area contributed by atoms with Gasteiger partial charge in [-0.05, 0) is 0 Å². The first-order chi connectivity index (χ1) is 8.49. The van der Waals surface area contributed by atoms with E-state index in [2.05, 4.69) is 15.4 Å². The van der Waals surface area contributed by atoms with Gasteiger partial charge in [0.05, 0.1) is 6.54 Å². The molecule has 8 nitrogen and oxygen atoms in total. The van der Waals surface area contributed by atoms with Gasteiger partial charge in [-0.15, -0.1) is 5.10 Å². The third-order valence-electron chi connectivity index (χ3n) is 2.34. The third-order valence-corrected chi connectivity index (χ3v) is 3.06.